The van der Waals surface area contributed by atoms with Crippen LogP contribution in [0.4, 0.5) is 4.39 Å². The number of hydrogen-bond donors (Lipinski definition) is 0. The maximum Gasteiger partial charge on any atom is 0.173 e. The zero-order chi connectivity index (χ0) is 19.3. The summed E-state index contributed by atoms with van der Waals surface area (Å²) in [5.41, 5.74) is 2.62. The number of hydrogen-bond acceptors (Lipinski definition) is 4. The van der Waals surface area contributed by atoms with Gasteiger partial charge in [-0.1, -0.05) is 42.1 Å². The summed E-state index contributed by atoms with van der Waals surface area (Å²) in [6.45, 7) is 1.52. The first kappa shape index (κ1) is 18.9. The van der Waals surface area contributed by atoms with E-state index in [1.165, 1.54) is 36.0 Å². The molecule has 2 aromatic carbocycles. The highest BCUT2D eigenvalue weighted by Gasteiger charge is 2.21. The van der Waals surface area contributed by atoms with Gasteiger partial charge in [0.05, 0.1) is 30.3 Å². The van der Waals surface area contributed by atoms with E-state index >= 15 is 0 Å². The van der Waals surface area contributed by atoms with Gasteiger partial charge in [0.15, 0.2) is 10.9 Å². The number of thioether (sulfide) groups is 1. The van der Waals surface area contributed by atoms with Crippen LogP contribution in [0.1, 0.15) is 23.2 Å². The van der Waals surface area contributed by atoms with Gasteiger partial charge in [0.2, 0.25) is 0 Å². The molecule has 0 radical (unpaired) electrons. The topological polar surface area (TPSA) is 44.1 Å². The first-order valence-corrected chi connectivity index (χ1v) is 10.3. The molecule has 0 amide bonds. The fraction of sp³-hybridized carbons (Fsp3) is 0.273. The van der Waals surface area contributed by atoms with Gasteiger partial charge in [0.25, 0.3) is 0 Å². The minimum absolute atomic E-state index is 0.0436. The minimum Gasteiger partial charge on any atom is -0.376 e. The van der Waals surface area contributed by atoms with E-state index in [9.17, 15) is 9.18 Å². The molecule has 6 heteroatoms. The van der Waals surface area contributed by atoms with Gasteiger partial charge in [-0.2, -0.15) is 0 Å². The second-order valence-corrected chi connectivity index (χ2v) is 7.70. The van der Waals surface area contributed by atoms with Crippen LogP contribution in [0.15, 0.2) is 66.0 Å². The van der Waals surface area contributed by atoms with Crippen molar-refractivity contribution in [3.8, 4) is 11.3 Å². The molecule has 1 aromatic heterocycles. The van der Waals surface area contributed by atoms with E-state index in [1.807, 2.05) is 24.4 Å². The maximum atomic E-state index is 13.1. The molecule has 1 aliphatic heterocycles. The normalized spacial score (nSPS) is 16.4. The standard InChI is InChI=1S/C22H21FN2O2S/c23-18-10-8-17(9-11-18)21(26)15-28-22-24-13-20(16-5-2-1-3-6-16)25(22)14-19-7-4-12-27-19/h1-3,5-6,8-11,13,19H,4,7,12,14-15H2/t19-/m0/s1. The Balaban J connectivity index is 1.54. The molecule has 0 bridgehead atoms. The first-order valence-electron chi connectivity index (χ1n) is 9.35. The lowest BCUT2D eigenvalue weighted by atomic mass is 10.1. The molecule has 28 heavy (non-hydrogen) atoms. The minimum atomic E-state index is -0.344. The molecule has 0 N–H and O–H groups in total. The summed E-state index contributed by atoms with van der Waals surface area (Å²) < 4.78 is 21.0. The Labute approximate surface area is 167 Å². The Morgan fingerprint density at radius 2 is 1.96 bits per heavy atom. The quantitative estimate of drug-likeness (QED) is 0.423. The van der Waals surface area contributed by atoms with Gasteiger partial charge in [-0.3, -0.25) is 4.79 Å². The van der Waals surface area contributed by atoms with E-state index in [2.05, 4.69) is 21.7 Å². The van der Waals surface area contributed by atoms with Crippen molar-refractivity contribution in [1.82, 2.24) is 9.55 Å². The summed E-state index contributed by atoms with van der Waals surface area (Å²) in [6, 6.07) is 15.8. The molecular weight excluding hydrogens is 375 g/mol. The molecule has 0 unspecified atom stereocenters. The summed E-state index contributed by atoms with van der Waals surface area (Å²) in [5, 5.41) is 0.796. The summed E-state index contributed by atoms with van der Waals surface area (Å²) in [5.74, 6) is -0.135. The zero-order valence-electron chi connectivity index (χ0n) is 15.4. The molecule has 4 nitrogen and oxygen atoms in total. The molecule has 1 fully saturated rings. The Morgan fingerprint density at radius 1 is 1.18 bits per heavy atom. The van der Waals surface area contributed by atoms with Gasteiger partial charge in [-0.15, -0.1) is 0 Å². The van der Waals surface area contributed by atoms with Crippen LogP contribution in [0.2, 0.25) is 0 Å². The SMILES string of the molecule is O=C(CSc1ncc(-c2ccccc2)n1C[C@@H]1CCCO1)c1ccc(F)cc1. The molecule has 0 spiro atoms. The third-order valence-corrected chi connectivity index (χ3v) is 5.79. The second kappa shape index (κ2) is 8.71. The average molecular weight is 396 g/mol. The lowest BCUT2D eigenvalue weighted by Gasteiger charge is -2.16. The van der Waals surface area contributed by atoms with Crippen LogP contribution in [-0.2, 0) is 11.3 Å². The Kier molecular flexibility index (Phi) is 5.88. The third kappa shape index (κ3) is 4.34. The van der Waals surface area contributed by atoms with Crippen LogP contribution >= 0.6 is 11.8 Å². The molecule has 1 saturated heterocycles. The fourth-order valence-electron chi connectivity index (χ4n) is 3.33. The number of rotatable bonds is 7. The fourth-order valence-corrected chi connectivity index (χ4v) is 4.21. The number of ether oxygens (including phenoxy) is 1. The van der Waals surface area contributed by atoms with Crippen molar-refractivity contribution in [2.24, 2.45) is 0 Å². The zero-order valence-corrected chi connectivity index (χ0v) is 16.2. The smallest absolute Gasteiger partial charge is 0.173 e. The number of benzene rings is 2. The van der Waals surface area contributed by atoms with Crippen LogP contribution in [-0.4, -0.2) is 33.8 Å². The third-order valence-electron chi connectivity index (χ3n) is 4.80. The molecule has 3 aromatic rings. The number of imidazole rings is 1. The maximum absolute atomic E-state index is 13.1. The van der Waals surface area contributed by atoms with Crippen molar-refractivity contribution < 1.29 is 13.9 Å². The second-order valence-electron chi connectivity index (χ2n) is 6.76. The molecule has 2 heterocycles. The van der Waals surface area contributed by atoms with Gasteiger partial charge >= 0.3 is 0 Å². The molecule has 144 valence electrons. The predicted molar refractivity (Wildman–Crippen MR) is 108 cm³/mol. The molecule has 1 atom stereocenters. The van der Waals surface area contributed by atoms with Crippen LogP contribution in [0.3, 0.4) is 0 Å². The van der Waals surface area contributed by atoms with E-state index < -0.39 is 0 Å². The van der Waals surface area contributed by atoms with Crippen molar-refractivity contribution in [3.63, 3.8) is 0 Å². The Bertz CT molecular complexity index is 935. The van der Waals surface area contributed by atoms with Gasteiger partial charge < -0.3 is 9.30 Å². The monoisotopic (exact) mass is 396 g/mol. The highest BCUT2D eigenvalue weighted by atomic mass is 32.2. The molecule has 4 rings (SSSR count). The number of Topliss-reactive ketones (excluding diaryl/α,β-unsaturated/α-hetero) is 1. The van der Waals surface area contributed by atoms with Crippen LogP contribution in [0.25, 0.3) is 11.3 Å². The van der Waals surface area contributed by atoms with E-state index in [1.54, 1.807) is 0 Å². The lowest BCUT2D eigenvalue weighted by molar-refractivity contribution is 0.0954. The van der Waals surface area contributed by atoms with Gasteiger partial charge in [0, 0.05) is 12.2 Å². The molecule has 0 saturated carbocycles. The lowest BCUT2D eigenvalue weighted by Crippen LogP contribution is -2.17. The van der Waals surface area contributed by atoms with Crippen molar-refractivity contribution >= 4 is 17.5 Å². The van der Waals surface area contributed by atoms with E-state index in [0.717, 1.165) is 42.4 Å². The van der Waals surface area contributed by atoms with Gasteiger partial charge in [-0.25, -0.2) is 9.37 Å². The van der Waals surface area contributed by atoms with Gasteiger partial charge in [0.1, 0.15) is 5.82 Å². The highest BCUT2D eigenvalue weighted by Crippen LogP contribution is 2.28. The predicted octanol–water partition coefficient (Wildman–Crippen LogP) is 4.84. The van der Waals surface area contributed by atoms with Crippen LogP contribution in [0.5, 0.6) is 0 Å². The molecule has 1 aliphatic rings. The Hall–Kier alpha value is -2.44. The molecule has 0 aliphatic carbocycles. The number of carbonyl (C=O) groups is 1. The van der Waals surface area contributed by atoms with Crippen molar-refractivity contribution in [1.29, 1.82) is 0 Å². The largest absolute Gasteiger partial charge is 0.376 e. The summed E-state index contributed by atoms with van der Waals surface area (Å²) in [6.07, 6.45) is 4.13. The Morgan fingerprint density at radius 3 is 2.68 bits per heavy atom. The van der Waals surface area contributed by atoms with E-state index in [4.69, 9.17) is 4.74 Å². The van der Waals surface area contributed by atoms with Crippen molar-refractivity contribution in [2.45, 2.75) is 30.6 Å². The molecular formula is C22H21FN2O2S. The number of halogens is 1. The first-order chi connectivity index (χ1) is 13.7. The number of aromatic nitrogens is 2. The highest BCUT2D eigenvalue weighted by molar-refractivity contribution is 7.99. The number of carbonyl (C=O) groups excluding carboxylic acids is 1. The summed E-state index contributed by atoms with van der Waals surface area (Å²) in [7, 11) is 0. The van der Waals surface area contributed by atoms with E-state index in [0.29, 0.717) is 5.56 Å². The summed E-state index contributed by atoms with van der Waals surface area (Å²) in [4.78, 5) is 17.0. The van der Waals surface area contributed by atoms with Crippen LogP contribution < -0.4 is 0 Å². The number of nitrogens with zero attached hydrogens (tertiary/aromatic N) is 2. The van der Waals surface area contributed by atoms with Crippen molar-refractivity contribution in [2.75, 3.05) is 12.4 Å². The van der Waals surface area contributed by atoms with Gasteiger partial charge in [-0.05, 0) is 42.7 Å². The van der Waals surface area contributed by atoms with E-state index in [-0.39, 0.29) is 23.5 Å². The summed E-state index contributed by atoms with van der Waals surface area (Å²) >= 11 is 1.41. The van der Waals surface area contributed by atoms with Crippen LogP contribution in [0, 0.1) is 5.82 Å². The number of ketones is 1. The average Bonchev–Trinajstić information content (AvgIpc) is 3.38. The van der Waals surface area contributed by atoms with Crippen molar-refractivity contribution in [3.05, 3.63) is 72.2 Å².